The van der Waals surface area contributed by atoms with Gasteiger partial charge in [0.25, 0.3) is 6.43 Å². The number of alkyl halides is 2. The molecule has 0 aliphatic heterocycles. The maximum Gasteiger partial charge on any atom is 0.295 e. The lowest BCUT2D eigenvalue weighted by Gasteiger charge is -1.93. The number of aryl methyl sites for hydroxylation is 1. The average Bonchev–Trinajstić information content (AvgIpc) is 2.57. The normalized spacial score (nSPS) is 11.5. The smallest absolute Gasteiger partial charge is 0.295 e. The van der Waals surface area contributed by atoms with Crippen LogP contribution in [0.25, 0.3) is 11.0 Å². The lowest BCUT2D eigenvalue weighted by Crippen LogP contribution is -1.85. The van der Waals surface area contributed by atoms with E-state index in [1.54, 1.807) is 6.92 Å². The number of aromatic amines is 1. The fraction of sp³-hybridized carbons (Fsp3) is 0.222. The van der Waals surface area contributed by atoms with Gasteiger partial charge in [-0.05, 0) is 18.6 Å². The Labute approximate surface area is 77.8 Å². The zero-order chi connectivity index (χ0) is 10.3. The summed E-state index contributed by atoms with van der Waals surface area (Å²) in [5.74, 6) is -1.06. The quantitative estimate of drug-likeness (QED) is 0.753. The predicted molar refractivity (Wildman–Crippen MR) is 45.7 cm³/mol. The Kier molecular flexibility index (Phi) is 1.94. The Morgan fingerprint density at radius 2 is 2.07 bits per heavy atom. The number of H-pyrrole nitrogens is 1. The molecule has 1 aromatic carbocycles. The van der Waals surface area contributed by atoms with Gasteiger partial charge >= 0.3 is 0 Å². The summed E-state index contributed by atoms with van der Waals surface area (Å²) in [5.41, 5.74) is 0.977. The highest BCUT2D eigenvalue weighted by Gasteiger charge is 2.15. The minimum absolute atomic E-state index is 0.0419. The third-order valence-corrected chi connectivity index (χ3v) is 2.02. The molecule has 14 heavy (non-hydrogen) atoms. The Morgan fingerprint density at radius 1 is 1.36 bits per heavy atom. The molecule has 1 aromatic heterocycles. The first-order valence-electron chi connectivity index (χ1n) is 4.02. The first-order chi connectivity index (χ1) is 6.59. The van der Waals surface area contributed by atoms with Crippen molar-refractivity contribution in [1.82, 2.24) is 9.97 Å². The minimum Gasteiger partial charge on any atom is -0.335 e. The maximum atomic E-state index is 13.1. The van der Waals surface area contributed by atoms with Crippen LogP contribution in [0.2, 0.25) is 0 Å². The number of imidazole rings is 1. The van der Waals surface area contributed by atoms with Gasteiger partial charge in [0.15, 0.2) is 5.82 Å². The largest absolute Gasteiger partial charge is 0.335 e. The van der Waals surface area contributed by atoms with Crippen molar-refractivity contribution in [2.75, 3.05) is 0 Å². The van der Waals surface area contributed by atoms with Crippen LogP contribution >= 0.6 is 0 Å². The van der Waals surface area contributed by atoms with E-state index in [1.807, 2.05) is 0 Å². The van der Waals surface area contributed by atoms with E-state index < -0.39 is 18.1 Å². The molecule has 1 N–H and O–H groups in total. The summed E-state index contributed by atoms with van der Waals surface area (Å²) < 4.78 is 37.6. The monoisotopic (exact) mass is 200 g/mol. The van der Waals surface area contributed by atoms with E-state index in [2.05, 4.69) is 9.97 Å². The fourth-order valence-corrected chi connectivity index (χ4v) is 1.31. The minimum atomic E-state index is -2.71. The zero-order valence-electron chi connectivity index (χ0n) is 7.31. The summed E-state index contributed by atoms with van der Waals surface area (Å²) in [4.78, 5) is 5.90. The molecule has 0 radical (unpaired) electrons. The number of nitrogens with one attached hydrogen (secondary N) is 1. The number of benzene rings is 1. The second kappa shape index (κ2) is 3.01. The summed E-state index contributed by atoms with van der Waals surface area (Å²) in [7, 11) is 0. The Bertz CT molecular complexity index is 437. The second-order valence-electron chi connectivity index (χ2n) is 3.01. The van der Waals surface area contributed by atoms with Crippen LogP contribution in [0, 0.1) is 12.7 Å². The van der Waals surface area contributed by atoms with Gasteiger partial charge in [0, 0.05) is 0 Å². The number of hydrogen-bond acceptors (Lipinski definition) is 1. The van der Waals surface area contributed by atoms with E-state index in [0.29, 0.717) is 5.56 Å². The lowest BCUT2D eigenvalue weighted by molar-refractivity contribution is 0.142. The molecule has 0 aliphatic rings. The molecule has 2 aromatic rings. The van der Waals surface area contributed by atoms with E-state index in [-0.39, 0.29) is 11.0 Å². The molecule has 0 atom stereocenters. The molecule has 0 unspecified atom stereocenters. The standard InChI is InChI=1S/C9H7F3N2/c1-4-2-3-5(10)7-6(4)13-9(14-7)8(11)12/h2-3,8H,1H3,(H,13,14). The van der Waals surface area contributed by atoms with E-state index in [4.69, 9.17) is 0 Å². The maximum absolute atomic E-state index is 13.1. The van der Waals surface area contributed by atoms with Crippen LogP contribution in [0.5, 0.6) is 0 Å². The summed E-state index contributed by atoms with van der Waals surface area (Å²) in [6, 6.07) is 2.73. The van der Waals surface area contributed by atoms with Gasteiger partial charge in [-0.3, -0.25) is 0 Å². The molecule has 0 saturated heterocycles. The second-order valence-corrected chi connectivity index (χ2v) is 3.01. The molecule has 0 saturated carbocycles. The van der Waals surface area contributed by atoms with Gasteiger partial charge in [-0.25, -0.2) is 18.2 Å². The third kappa shape index (κ3) is 1.25. The van der Waals surface area contributed by atoms with Crippen LogP contribution < -0.4 is 0 Å². The van der Waals surface area contributed by atoms with Gasteiger partial charge in [-0.1, -0.05) is 6.07 Å². The zero-order valence-corrected chi connectivity index (χ0v) is 7.31. The van der Waals surface area contributed by atoms with Crippen molar-refractivity contribution in [3.8, 4) is 0 Å². The third-order valence-electron chi connectivity index (χ3n) is 2.02. The molecule has 74 valence electrons. The van der Waals surface area contributed by atoms with Gasteiger partial charge in [0.2, 0.25) is 0 Å². The number of halogens is 3. The van der Waals surface area contributed by atoms with Crippen molar-refractivity contribution >= 4 is 11.0 Å². The van der Waals surface area contributed by atoms with Crippen molar-refractivity contribution < 1.29 is 13.2 Å². The molecule has 1 heterocycles. The van der Waals surface area contributed by atoms with Crippen LogP contribution in [0.3, 0.4) is 0 Å². The molecule has 0 fully saturated rings. The highest BCUT2D eigenvalue weighted by molar-refractivity contribution is 5.79. The molecule has 0 spiro atoms. The highest BCUT2D eigenvalue weighted by atomic mass is 19.3. The topological polar surface area (TPSA) is 28.7 Å². The van der Waals surface area contributed by atoms with Gasteiger partial charge in [0.1, 0.15) is 11.3 Å². The van der Waals surface area contributed by atoms with E-state index in [0.717, 1.165) is 0 Å². The summed E-state index contributed by atoms with van der Waals surface area (Å²) in [5, 5.41) is 0. The van der Waals surface area contributed by atoms with Crippen LogP contribution in [0.4, 0.5) is 13.2 Å². The highest BCUT2D eigenvalue weighted by Crippen LogP contribution is 2.23. The molecule has 0 bridgehead atoms. The first kappa shape index (κ1) is 9.05. The first-order valence-corrected chi connectivity index (χ1v) is 4.02. The van der Waals surface area contributed by atoms with Crippen molar-refractivity contribution in [1.29, 1.82) is 0 Å². The predicted octanol–water partition coefficient (Wildman–Crippen LogP) is 2.95. The van der Waals surface area contributed by atoms with Crippen molar-refractivity contribution in [2.24, 2.45) is 0 Å². The summed E-state index contributed by atoms with van der Waals surface area (Å²) >= 11 is 0. The molecular formula is C9H7F3N2. The van der Waals surface area contributed by atoms with Gasteiger partial charge in [0.05, 0.1) is 5.52 Å². The van der Waals surface area contributed by atoms with Crippen LogP contribution in [-0.2, 0) is 0 Å². The Morgan fingerprint density at radius 3 is 2.64 bits per heavy atom. The number of rotatable bonds is 1. The van der Waals surface area contributed by atoms with Gasteiger partial charge in [-0.2, -0.15) is 0 Å². The number of fused-ring (bicyclic) bond motifs is 1. The van der Waals surface area contributed by atoms with Crippen molar-refractivity contribution in [3.63, 3.8) is 0 Å². The molecule has 2 nitrogen and oxygen atoms in total. The number of nitrogens with zero attached hydrogens (tertiary/aromatic N) is 1. The lowest BCUT2D eigenvalue weighted by atomic mass is 10.2. The molecule has 0 aliphatic carbocycles. The van der Waals surface area contributed by atoms with Crippen LogP contribution in [0.15, 0.2) is 12.1 Å². The van der Waals surface area contributed by atoms with E-state index in [1.165, 1.54) is 12.1 Å². The van der Waals surface area contributed by atoms with Crippen LogP contribution in [-0.4, -0.2) is 9.97 Å². The van der Waals surface area contributed by atoms with Gasteiger partial charge in [-0.15, -0.1) is 0 Å². The molecule has 0 amide bonds. The SMILES string of the molecule is Cc1ccc(F)c2[nH]c(C(F)F)nc12. The number of aromatic nitrogens is 2. The number of hydrogen-bond donors (Lipinski definition) is 1. The molecule has 2 rings (SSSR count). The average molecular weight is 200 g/mol. The van der Waals surface area contributed by atoms with Crippen LogP contribution in [0.1, 0.15) is 17.8 Å². The van der Waals surface area contributed by atoms with Crippen molar-refractivity contribution in [3.05, 3.63) is 29.3 Å². The fourth-order valence-electron chi connectivity index (χ4n) is 1.31. The van der Waals surface area contributed by atoms with Crippen molar-refractivity contribution in [2.45, 2.75) is 13.3 Å². The summed E-state index contributed by atoms with van der Waals surface area (Å²) in [6.07, 6.45) is -2.71. The summed E-state index contributed by atoms with van der Waals surface area (Å²) in [6.45, 7) is 1.69. The van der Waals surface area contributed by atoms with Gasteiger partial charge < -0.3 is 4.98 Å². The Hall–Kier alpha value is -1.52. The van der Waals surface area contributed by atoms with E-state index >= 15 is 0 Å². The molecular weight excluding hydrogens is 193 g/mol. The molecule has 5 heteroatoms. The Balaban J connectivity index is 2.75. The van der Waals surface area contributed by atoms with E-state index in [9.17, 15) is 13.2 Å².